The SMILES string of the molecule is CC1(c2ccccn2)CNC(Nc2ncccn2)S1. The smallest absolute Gasteiger partial charge is 0.224 e. The van der Waals surface area contributed by atoms with Crippen LogP contribution in [-0.2, 0) is 4.75 Å². The van der Waals surface area contributed by atoms with E-state index in [-0.39, 0.29) is 10.2 Å². The van der Waals surface area contributed by atoms with E-state index in [9.17, 15) is 0 Å². The minimum Gasteiger partial charge on any atom is -0.330 e. The van der Waals surface area contributed by atoms with Crippen molar-refractivity contribution in [3.8, 4) is 0 Å². The van der Waals surface area contributed by atoms with Crippen molar-refractivity contribution >= 4 is 17.7 Å². The quantitative estimate of drug-likeness (QED) is 0.889. The van der Waals surface area contributed by atoms with Gasteiger partial charge in [0.2, 0.25) is 5.95 Å². The molecule has 2 unspecified atom stereocenters. The van der Waals surface area contributed by atoms with Gasteiger partial charge in [-0.2, -0.15) is 0 Å². The second kappa shape index (κ2) is 5.14. The lowest BCUT2D eigenvalue weighted by atomic mass is 10.1. The Morgan fingerprint density at radius 1 is 1.21 bits per heavy atom. The van der Waals surface area contributed by atoms with Crippen LogP contribution in [0.15, 0.2) is 42.9 Å². The van der Waals surface area contributed by atoms with E-state index in [2.05, 4.69) is 38.6 Å². The molecule has 0 bridgehead atoms. The van der Waals surface area contributed by atoms with Crippen LogP contribution in [0.1, 0.15) is 12.6 Å². The zero-order valence-corrected chi connectivity index (χ0v) is 11.4. The molecule has 2 N–H and O–H groups in total. The number of nitrogens with one attached hydrogen (secondary N) is 2. The molecule has 2 aromatic rings. The molecule has 5 nitrogen and oxygen atoms in total. The summed E-state index contributed by atoms with van der Waals surface area (Å²) in [5.74, 6) is 0.637. The van der Waals surface area contributed by atoms with Crippen molar-refractivity contribution < 1.29 is 0 Å². The zero-order chi connectivity index (χ0) is 13.1. The summed E-state index contributed by atoms with van der Waals surface area (Å²) >= 11 is 1.80. The summed E-state index contributed by atoms with van der Waals surface area (Å²) in [6.45, 7) is 3.06. The highest BCUT2D eigenvalue weighted by atomic mass is 32.2. The van der Waals surface area contributed by atoms with Gasteiger partial charge in [0.05, 0.1) is 10.4 Å². The molecule has 0 aliphatic carbocycles. The first-order valence-corrected chi connectivity index (χ1v) is 7.00. The first kappa shape index (κ1) is 12.4. The van der Waals surface area contributed by atoms with E-state index < -0.39 is 0 Å². The number of thioether (sulfide) groups is 1. The zero-order valence-electron chi connectivity index (χ0n) is 10.6. The van der Waals surface area contributed by atoms with E-state index in [1.807, 2.05) is 18.3 Å². The number of aromatic nitrogens is 3. The van der Waals surface area contributed by atoms with Gasteiger partial charge in [0.15, 0.2) is 0 Å². The minimum atomic E-state index is -0.0340. The van der Waals surface area contributed by atoms with Crippen LogP contribution >= 0.6 is 11.8 Å². The summed E-state index contributed by atoms with van der Waals surface area (Å²) in [6, 6.07) is 7.83. The molecule has 3 heterocycles. The van der Waals surface area contributed by atoms with Gasteiger partial charge in [-0.25, -0.2) is 9.97 Å². The topological polar surface area (TPSA) is 62.7 Å². The molecular formula is C13H15N5S. The molecule has 1 aliphatic heterocycles. The second-order valence-corrected chi connectivity index (χ2v) is 6.15. The average molecular weight is 273 g/mol. The van der Waals surface area contributed by atoms with Crippen LogP contribution in [0.25, 0.3) is 0 Å². The standard InChI is InChI=1S/C13H15N5S/c1-13(10-5-2-3-6-14-10)9-17-12(19-13)18-11-15-7-4-8-16-11/h2-8,12,17H,9H2,1H3,(H,15,16,18). The lowest BCUT2D eigenvalue weighted by molar-refractivity contribution is 0.615. The van der Waals surface area contributed by atoms with Gasteiger partial charge in [-0.15, -0.1) is 11.8 Å². The molecule has 0 amide bonds. The summed E-state index contributed by atoms with van der Waals surface area (Å²) in [5, 5.41) is 6.69. The average Bonchev–Trinajstić information content (AvgIpc) is 2.84. The predicted molar refractivity (Wildman–Crippen MR) is 76.6 cm³/mol. The first-order valence-electron chi connectivity index (χ1n) is 6.13. The third kappa shape index (κ3) is 2.69. The molecule has 98 valence electrons. The summed E-state index contributed by atoms with van der Waals surface area (Å²) in [6.07, 6.45) is 5.29. The monoisotopic (exact) mass is 273 g/mol. The largest absolute Gasteiger partial charge is 0.330 e. The van der Waals surface area contributed by atoms with Gasteiger partial charge in [-0.05, 0) is 25.1 Å². The minimum absolute atomic E-state index is 0.0340. The van der Waals surface area contributed by atoms with E-state index in [0.29, 0.717) is 5.95 Å². The van der Waals surface area contributed by atoms with Crippen molar-refractivity contribution in [2.45, 2.75) is 17.2 Å². The summed E-state index contributed by atoms with van der Waals surface area (Å²) in [4.78, 5) is 12.8. The first-order chi connectivity index (χ1) is 9.26. The van der Waals surface area contributed by atoms with Crippen LogP contribution in [0.2, 0.25) is 0 Å². The number of hydrogen-bond donors (Lipinski definition) is 2. The van der Waals surface area contributed by atoms with Crippen molar-refractivity contribution in [1.82, 2.24) is 20.3 Å². The molecule has 1 fully saturated rings. The van der Waals surface area contributed by atoms with E-state index in [4.69, 9.17) is 0 Å². The van der Waals surface area contributed by atoms with Gasteiger partial charge in [-0.1, -0.05) is 6.07 Å². The molecule has 0 spiro atoms. The van der Waals surface area contributed by atoms with Crippen molar-refractivity contribution in [3.05, 3.63) is 48.5 Å². The summed E-state index contributed by atoms with van der Waals surface area (Å²) in [7, 11) is 0. The molecular weight excluding hydrogens is 258 g/mol. The normalized spacial score (nSPS) is 26.3. The van der Waals surface area contributed by atoms with Gasteiger partial charge >= 0.3 is 0 Å². The molecule has 6 heteroatoms. The maximum atomic E-state index is 4.45. The predicted octanol–water partition coefficient (Wildman–Crippen LogP) is 1.82. The van der Waals surface area contributed by atoms with Crippen LogP contribution in [0.3, 0.4) is 0 Å². The van der Waals surface area contributed by atoms with E-state index in [0.717, 1.165) is 12.2 Å². The van der Waals surface area contributed by atoms with Crippen LogP contribution in [0, 0.1) is 0 Å². The lowest BCUT2D eigenvalue weighted by Gasteiger charge is -2.21. The highest BCUT2D eigenvalue weighted by Gasteiger charge is 2.38. The highest BCUT2D eigenvalue weighted by molar-refractivity contribution is 8.01. The van der Waals surface area contributed by atoms with Gasteiger partial charge < -0.3 is 5.32 Å². The van der Waals surface area contributed by atoms with Gasteiger partial charge in [0, 0.05) is 25.1 Å². The fraction of sp³-hybridized carbons (Fsp3) is 0.308. The third-order valence-electron chi connectivity index (χ3n) is 3.04. The van der Waals surface area contributed by atoms with Gasteiger partial charge in [0.1, 0.15) is 5.50 Å². The Kier molecular flexibility index (Phi) is 3.35. The maximum absolute atomic E-state index is 4.45. The van der Waals surface area contributed by atoms with E-state index >= 15 is 0 Å². The van der Waals surface area contributed by atoms with Gasteiger partial charge in [0.25, 0.3) is 0 Å². The maximum Gasteiger partial charge on any atom is 0.224 e. The molecule has 0 radical (unpaired) electrons. The number of pyridine rings is 1. The third-order valence-corrected chi connectivity index (χ3v) is 4.43. The van der Waals surface area contributed by atoms with Crippen molar-refractivity contribution in [2.75, 3.05) is 11.9 Å². The number of nitrogens with zero attached hydrogens (tertiary/aromatic N) is 3. The molecule has 0 saturated carbocycles. The summed E-state index contributed by atoms with van der Waals surface area (Å²) < 4.78 is -0.0340. The molecule has 19 heavy (non-hydrogen) atoms. The van der Waals surface area contributed by atoms with Gasteiger partial charge in [-0.3, -0.25) is 10.3 Å². The van der Waals surface area contributed by atoms with Crippen LogP contribution < -0.4 is 10.6 Å². The Bertz CT molecular complexity index is 535. The fourth-order valence-electron chi connectivity index (χ4n) is 2.03. The Balaban J connectivity index is 1.70. The van der Waals surface area contributed by atoms with E-state index in [1.165, 1.54) is 0 Å². The number of hydrogen-bond acceptors (Lipinski definition) is 6. The van der Waals surface area contributed by atoms with Crippen LogP contribution in [-0.4, -0.2) is 27.0 Å². The highest BCUT2D eigenvalue weighted by Crippen LogP contribution is 2.41. The summed E-state index contributed by atoms with van der Waals surface area (Å²) in [5.41, 5.74) is 1.18. The second-order valence-electron chi connectivity index (χ2n) is 4.54. The Labute approximate surface area is 116 Å². The Hall–Kier alpha value is -1.66. The van der Waals surface area contributed by atoms with E-state index in [1.54, 1.807) is 30.2 Å². The van der Waals surface area contributed by atoms with Crippen molar-refractivity contribution in [1.29, 1.82) is 0 Å². The van der Waals surface area contributed by atoms with Crippen molar-refractivity contribution in [3.63, 3.8) is 0 Å². The molecule has 2 atom stereocenters. The number of rotatable bonds is 3. The molecule has 3 rings (SSSR count). The lowest BCUT2D eigenvalue weighted by Crippen LogP contribution is -2.29. The Morgan fingerprint density at radius 3 is 2.74 bits per heavy atom. The van der Waals surface area contributed by atoms with Crippen LogP contribution in [0.4, 0.5) is 5.95 Å². The van der Waals surface area contributed by atoms with Crippen molar-refractivity contribution in [2.24, 2.45) is 0 Å². The number of anilines is 1. The molecule has 1 saturated heterocycles. The fourth-order valence-corrected chi connectivity index (χ4v) is 3.29. The molecule has 0 aromatic carbocycles. The Morgan fingerprint density at radius 2 is 2.00 bits per heavy atom. The van der Waals surface area contributed by atoms with Crippen LogP contribution in [0.5, 0.6) is 0 Å². The molecule has 2 aromatic heterocycles. The molecule has 1 aliphatic rings.